The number of likely N-dealkylation sites (N-methyl/N-ethyl adjacent to an activating group) is 1. The first-order valence-electron chi connectivity index (χ1n) is 13.6. The summed E-state index contributed by atoms with van der Waals surface area (Å²) >= 11 is 0. The van der Waals surface area contributed by atoms with E-state index in [9.17, 15) is 18.0 Å². The zero-order valence-corrected chi connectivity index (χ0v) is 24.2. The molecule has 9 nitrogen and oxygen atoms in total. The first-order chi connectivity index (χ1) is 20.0. The summed E-state index contributed by atoms with van der Waals surface area (Å²) in [6, 6.07) is 7.43. The summed E-state index contributed by atoms with van der Waals surface area (Å²) in [7, 11) is 6.87. The van der Waals surface area contributed by atoms with Crippen LogP contribution in [-0.2, 0) is 32.7 Å². The molecule has 0 bridgehead atoms. The van der Waals surface area contributed by atoms with Crippen LogP contribution in [0.3, 0.4) is 0 Å². The lowest BCUT2D eigenvalue weighted by atomic mass is 9.91. The maximum absolute atomic E-state index is 14.1. The van der Waals surface area contributed by atoms with E-state index in [1.165, 1.54) is 13.2 Å². The number of nitrogens with zero attached hydrogens (tertiary/aromatic N) is 6. The Kier molecular flexibility index (Phi) is 9.66. The second-order valence-electron chi connectivity index (χ2n) is 10.6. The molecule has 4 rings (SSSR count). The molecule has 224 valence electrons. The molecule has 2 aromatic heterocycles. The summed E-state index contributed by atoms with van der Waals surface area (Å²) in [5.41, 5.74) is 1.38. The summed E-state index contributed by atoms with van der Waals surface area (Å²) in [6.07, 6.45) is 6.34. The molecule has 1 saturated carbocycles. The van der Waals surface area contributed by atoms with Crippen LogP contribution >= 0.6 is 0 Å². The molecule has 3 aromatic rings. The van der Waals surface area contributed by atoms with Gasteiger partial charge in [0.25, 0.3) is 0 Å². The van der Waals surface area contributed by atoms with E-state index < -0.39 is 11.9 Å². The third-order valence-electron chi connectivity index (χ3n) is 7.20. The quantitative estimate of drug-likeness (QED) is 0.163. The van der Waals surface area contributed by atoms with E-state index in [0.29, 0.717) is 59.8 Å². The SMILES string of the molecule is COc1ccnc(CN(C)CCc2c(C=O)cc(CN(C=N)/C=C\N(C)C3CC3)cc2-c2cn(C)nc2C(F)(F)F)c1. The Balaban J connectivity index is 1.67. The molecule has 0 saturated heterocycles. The minimum atomic E-state index is -4.68. The van der Waals surface area contributed by atoms with Gasteiger partial charge in [-0.05, 0) is 61.2 Å². The minimum Gasteiger partial charge on any atom is -0.497 e. The van der Waals surface area contributed by atoms with Crippen molar-refractivity contribution in [1.82, 2.24) is 29.5 Å². The maximum atomic E-state index is 14.1. The van der Waals surface area contributed by atoms with Crippen LogP contribution in [0.15, 0.2) is 49.1 Å². The Labute approximate surface area is 243 Å². The molecule has 0 spiro atoms. The van der Waals surface area contributed by atoms with Crippen LogP contribution in [0, 0.1) is 5.41 Å². The highest BCUT2D eigenvalue weighted by Crippen LogP contribution is 2.39. The van der Waals surface area contributed by atoms with Gasteiger partial charge in [0.05, 0.1) is 19.1 Å². The number of methoxy groups -OCH3 is 1. The molecule has 0 atom stereocenters. The molecule has 42 heavy (non-hydrogen) atoms. The van der Waals surface area contributed by atoms with Gasteiger partial charge in [-0.25, -0.2) is 0 Å². The first-order valence-corrected chi connectivity index (χ1v) is 13.6. The summed E-state index contributed by atoms with van der Waals surface area (Å²) in [5.74, 6) is 0.679. The number of ether oxygens (including phenoxy) is 1. The lowest BCUT2D eigenvalue weighted by Crippen LogP contribution is -2.22. The van der Waals surface area contributed by atoms with Gasteiger partial charge in [-0.15, -0.1) is 0 Å². The third-order valence-corrected chi connectivity index (χ3v) is 7.20. The molecule has 1 aliphatic carbocycles. The summed E-state index contributed by atoms with van der Waals surface area (Å²) in [5, 5.41) is 11.6. The van der Waals surface area contributed by atoms with E-state index in [4.69, 9.17) is 10.1 Å². The first kappa shape index (κ1) is 30.8. The Hall–Kier alpha value is -4.19. The largest absolute Gasteiger partial charge is 0.497 e. The number of hydrogen-bond donors (Lipinski definition) is 1. The highest BCUT2D eigenvalue weighted by Gasteiger charge is 2.38. The van der Waals surface area contributed by atoms with Gasteiger partial charge < -0.3 is 19.4 Å². The van der Waals surface area contributed by atoms with E-state index in [-0.39, 0.29) is 12.1 Å². The van der Waals surface area contributed by atoms with Gasteiger partial charge in [0, 0.05) is 81.8 Å². The number of aldehydes is 1. The van der Waals surface area contributed by atoms with Crippen LogP contribution < -0.4 is 4.74 Å². The fourth-order valence-electron chi connectivity index (χ4n) is 4.84. The number of benzene rings is 1. The molecule has 1 N–H and O–H groups in total. The van der Waals surface area contributed by atoms with Crippen molar-refractivity contribution >= 4 is 12.6 Å². The second kappa shape index (κ2) is 13.2. The summed E-state index contributed by atoms with van der Waals surface area (Å²) in [4.78, 5) is 22.4. The molecule has 12 heteroatoms. The van der Waals surface area contributed by atoms with Crippen molar-refractivity contribution in [3.8, 4) is 16.9 Å². The van der Waals surface area contributed by atoms with Crippen molar-refractivity contribution in [2.24, 2.45) is 7.05 Å². The van der Waals surface area contributed by atoms with Gasteiger partial charge >= 0.3 is 6.18 Å². The standard InChI is InChI=1S/C30H36F3N7O2/c1-37(17-23-15-25(42-4)7-9-35-23)10-8-26-22(19-41)13-21(16-40(20-34)12-11-38(2)24-5-6-24)14-27(26)28-18-39(3)36-29(28)30(31,32)33/h7,9,11-15,18-20,24,34H,5-6,8,10,16-17H2,1-4H3/b12-11-,34-20?. The number of aromatic nitrogens is 3. The van der Waals surface area contributed by atoms with Crippen LogP contribution in [0.4, 0.5) is 13.2 Å². The number of nitrogens with one attached hydrogen (secondary N) is 1. The van der Waals surface area contributed by atoms with E-state index >= 15 is 0 Å². The number of alkyl halides is 3. The van der Waals surface area contributed by atoms with Gasteiger partial charge in [-0.2, -0.15) is 18.3 Å². The van der Waals surface area contributed by atoms with Crippen LogP contribution in [0.5, 0.6) is 5.75 Å². The van der Waals surface area contributed by atoms with Crippen LogP contribution in [0.25, 0.3) is 11.1 Å². The smallest absolute Gasteiger partial charge is 0.435 e. The lowest BCUT2D eigenvalue weighted by Gasteiger charge is -2.21. The van der Waals surface area contributed by atoms with E-state index in [1.807, 2.05) is 31.3 Å². The van der Waals surface area contributed by atoms with Gasteiger partial charge in [-0.3, -0.25) is 19.9 Å². The lowest BCUT2D eigenvalue weighted by molar-refractivity contribution is -0.140. The van der Waals surface area contributed by atoms with Gasteiger partial charge in [-0.1, -0.05) is 0 Å². The predicted octanol–water partition coefficient (Wildman–Crippen LogP) is 4.97. The van der Waals surface area contributed by atoms with Crippen molar-refractivity contribution in [3.05, 3.63) is 77.1 Å². The Bertz CT molecular complexity index is 1430. The van der Waals surface area contributed by atoms with Gasteiger partial charge in [0.1, 0.15) is 12.0 Å². The average Bonchev–Trinajstić information content (AvgIpc) is 3.74. The summed E-state index contributed by atoms with van der Waals surface area (Å²) in [6.45, 7) is 1.14. The van der Waals surface area contributed by atoms with Crippen molar-refractivity contribution in [1.29, 1.82) is 5.41 Å². The molecule has 1 aliphatic rings. The van der Waals surface area contributed by atoms with Gasteiger partial charge in [0.2, 0.25) is 0 Å². The monoisotopic (exact) mass is 583 g/mol. The van der Waals surface area contributed by atoms with Crippen molar-refractivity contribution < 1.29 is 22.7 Å². The number of carbonyl (C=O) groups excluding carboxylic acids is 1. The minimum absolute atomic E-state index is 0.0903. The average molecular weight is 584 g/mol. The normalized spacial score (nSPS) is 13.5. The van der Waals surface area contributed by atoms with Crippen LogP contribution in [0.1, 0.15) is 45.7 Å². The van der Waals surface area contributed by atoms with Crippen LogP contribution in [0.2, 0.25) is 0 Å². The zero-order chi connectivity index (χ0) is 30.4. The van der Waals surface area contributed by atoms with Gasteiger partial charge in [0.15, 0.2) is 5.69 Å². The van der Waals surface area contributed by atoms with E-state index in [1.54, 1.807) is 42.6 Å². The number of rotatable bonds is 14. The Morgan fingerprint density at radius 1 is 1.14 bits per heavy atom. The number of hydrogen-bond acceptors (Lipinski definition) is 7. The number of pyridine rings is 1. The fourth-order valence-corrected chi connectivity index (χ4v) is 4.84. The molecule has 0 aliphatic heterocycles. The third kappa shape index (κ3) is 7.75. The van der Waals surface area contributed by atoms with Crippen molar-refractivity contribution in [2.75, 3.05) is 27.7 Å². The predicted molar refractivity (Wildman–Crippen MR) is 154 cm³/mol. The summed E-state index contributed by atoms with van der Waals surface area (Å²) < 4.78 is 48.6. The number of carbonyl (C=O) groups is 1. The molecular formula is C30H36F3N7O2. The Morgan fingerprint density at radius 3 is 2.55 bits per heavy atom. The molecule has 0 radical (unpaired) electrons. The second-order valence-corrected chi connectivity index (χ2v) is 10.6. The molecule has 1 aromatic carbocycles. The molecule has 2 heterocycles. The van der Waals surface area contributed by atoms with E-state index in [0.717, 1.165) is 29.6 Å². The number of halogens is 3. The van der Waals surface area contributed by atoms with E-state index in [2.05, 4.69) is 15.0 Å². The number of aryl methyl sites for hydroxylation is 1. The zero-order valence-electron chi connectivity index (χ0n) is 24.2. The van der Waals surface area contributed by atoms with Crippen molar-refractivity contribution in [2.45, 2.75) is 44.6 Å². The highest BCUT2D eigenvalue weighted by molar-refractivity contribution is 5.84. The molecular weight excluding hydrogens is 547 g/mol. The fraction of sp³-hybridized carbons (Fsp3) is 0.400. The highest BCUT2D eigenvalue weighted by atomic mass is 19.4. The topological polar surface area (TPSA) is 90.6 Å². The van der Waals surface area contributed by atoms with Crippen molar-refractivity contribution in [3.63, 3.8) is 0 Å². The molecule has 0 amide bonds. The molecule has 1 fully saturated rings. The van der Waals surface area contributed by atoms with Crippen LogP contribution in [-0.4, -0.2) is 75.9 Å². The Morgan fingerprint density at radius 2 is 1.90 bits per heavy atom. The maximum Gasteiger partial charge on any atom is 0.435 e. The molecule has 0 unspecified atom stereocenters.